The van der Waals surface area contributed by atoms with Gasteiger partial charge in [-0.1, -0.05) is 35.5 Å². The third-order valence-electron chi connectivity index (χ3n) is 4.19. The van der Waals surface area contributed by atoms with Gasteiger partial charge in [-0.05, 0) is 48.5 Å². The Kier molecular flexibility index (Phi) is 6.15. The van der Waals surface area contributed by atoms with Gasteiger partial charge in [0.25, 0.3) is 0 Å². The summed E-state index contributed by atoms with van der Waals surface area (Å²) in [6.07, 6.45) is 1.56. The predicted molar refractivity (Wildman–Crippen MR) is 114 cm³/mol. The molecule has 4 rings (SSSR count). The van der Waals surface area contributed by atoms with E-state index in [-0.39, 0.29) is 11.7 Å². The van der Waals surface area contributed by atoms with Crippen LogP contribution in [-0.4, -0.2) is 26.4 Å². The van der Waals surface area contributed by atoms with E-state index >= 15 is 0 Å². The van der Waals surface area contributed by atoms with E-state index in [4.69, 9.17) is 16.0 Å². The molecule has 0 radical (unpaired) electrons. The molecule has 0 bridgehead atoms. The maximum Gasteiger partial charge on any atom is 0.234 e. The van der Waals surface area contributed by atoms with E-state index in [0.717, 1.165) is 0 Å². The summed E-state index contributed by atoms with van der Waals surface area (Å²) in [4.78, 5) is 12.3. The molecule has 152 valence electrons. The Balaban J connectivity index is 1.54. The van der Waals surface area contributed by atoms with Gasteiger partial charge in [0.1, 0.15) is 11.6 Å². The molecule has 0 saturated heterocycles. The summed E-state index contributed by atoms with van der Waals surface area (Å²) < 4.78 is 21.5. The molecule has 0 aliphatic heterocycles. The van der Waals surface area contributed by atoms with Crippen LogP contribution in [-0.2, 0) is 11.3 Å². The van der Waals surface area contributed by atoms with Gasteiger partial charge in [0, 0.05) is 10.7 Å². The van der Waals surface area contributed by atoms with Crippen LogP contribution in [0.25, 0.3) is 11.4 Å². The summed E-state index contributed by atoms with van der Waals surface area (Å²) in [5.41, 5.74) is 0.975. The molecule has 0 atom stereocenters. The first-order valence-corrected chi connectivity index (χ1v) is 10.4. The Morgan fingerprint density at radius 3 is 2.63 bits per heavy atom. The number of hydrogen-bond donors (Lipinski definition) is 1. The van der Waals surface area contributed by atoms with Gasteiger partial charge in [-0.15, -0.1) is 10.2 Å². The van der Waals surface area contributed by atoms with Crippen molar-refractivity contribution in [3.05, 3.63) is 83.5 Å². The van der Waals surface area contributed by atoms with Crippen LogP contribution in [0.5, 0.6) is 0 Å². The third-order valence-corrected chi connectivity index (χ3v) is 5.40. The maximum absolute atomic E-state index is 14.3. The monoisotopic (exact) mass is 442 g/mol. The fourth-order valence-corrected chi connectivity index (χ4v) is 3.66. The van der Waals surface area contributed by atoms with Gasteiger partial charge in [-0.25, -0.2) is 4.39 Å². The van der Waals surface area contributed by atoms with Crippen LogP contribution < -0.4 is 5.32 Å². The Morgan fingerprint density at radius 1 is 1.10 bits per heavy atom. The molecule has 0 aliphatic rings. The number of anilines is 1. The SMILES string of the molecule is O=C(CSc1nnc(-c2ccccc2F)n1Cc1ccco1)Nc1ccc(Cl)cc1. The van der Waals surface area contributed by atoms with Crippen LogP contribution in [0.1, 0.15) is 5.76 Å². The molecular formula is C21H16ClFN4O2S. The van der Waals surface area contributed by atoms with E-state index < -0.39 is 5.82 Å². The third kappa shape index (κ3) is 4.72. The van der Waals surface area contributed by atoms with Crippen LogP contribution in [0.2, 0.25) is 5.02 Å². The minimum Gasteiger partial charge on any atom is -0.467 e. The van der Waals surface area contributed by atoms with E-state index in [9.17, 15) is 9.18 Å². The molecule has 0 fully saturated rings. The van der Waals surface area contributed by atoms with Crippen molar-refractivity contribution in [2.45, 2.75) is 11.7 Å². The second-order valence-corrected chi connectivity index (χ2v) is 7.67. The highest BCUT2D eigenvalue weighted by molar-refractivity contribution is 7.99. The molecule has 0 aliphatic carbocycles. The molecule has 6 nitrogen and oxygen atoms in total. The minimum atomic E-state index is -0.400. The molecule has 2 aromatic carbocycles. The molecule has 30 heavy (non-hydrogen) atoms. The highest BCUT2D eigenvalue weighted by Crippen LogP contribution is 2.27. The van der Waals surface area contributed by atoms with E-state index in [1.807, 2.05) is 6.07 Å². The van der Waals surface area contributed by atoms with Crippen LogP contribution in [0, 0.1) is 5.82 Å². The van der Waals surface area contributed by atoms with E-state index in [1.54, 1.807) is 59.4 Å². The summed E-state index contributed by atoms with van der Waals surface area (Å²) >= 11 is 7.07. The number of carbonyl (C=O) groups excluding carboxylic acids is 1. The lowest BCUT2D eigenvalue weighted by Gasteiger charge is -2.09. The average molecular weight is 443 g/mol. The molecule has 0 spiro atoms. The fraction of sp³-hybridized carbons (Fsp3) is 0.0952. The van der Waals surface area contributed by atoms with Crippen LogP contribution in [0.4, 0.5) is 10.1 Å². The Morgan fingerprint density at radius 2 is 1.90 bits per heavy atom. The summed E-state index contributed by atoms with van der Waals surface area (Å²) in [5, 5.41) is 12.2. The van der Waals surface area contributed by atoms with Crippen molar-refractivity contribution in [2.75, 3.05) is 11.1 Å². The van der Waals surface area contributed by atoms with Gasteiger partial charge >= 0.3 is 0 Å². The Labute approximate surface area is 181 Å². The van der Waals surface area contributed by atoms with E-state index in [0.29, 0.717) is 39.6 Å². The molecule has 1 N–H and O–H groups in total. The van der Waals surface area contributed by atoms with E-state index in [1.165, 1.54) is 17.8 Å². The number of carbonyl (C=O) groups is 1. The van der Waals surface area contributed by atoms with Crippen molar-refractivity contribution in [1.29, 1.82) is 0 Å². The number of hydrogen-bond acceptors (Lipinski definition) is 5. The fourth-order valence-electron chi connectivity index (χ4n) is 2.80. The standard InChI is InChI=1S/C21H16ClFN4O2S/c22-14-7-9-15(10-8-14)24-19(28)13-30-21-26-25-20(17-5-1-2-6-18(17)23)27(21)12-16-4-3-11-29-16/h1-11H,12-13H2,(H,24,28). The van der Waals surface area contributed by atoms with Crippen molar-refractivity contribution in [3.8, 4) is 11.4 Å². The summed E-state index contributed by atoms with van der Waals surface area (Å²) in [6, 6.07) is 16.8. The quantitative estimate of drug-likeness (QED) is 0.402. The first-order valence-electron chi connectivity index (χ1n) is 8.99. The minimum absolute atomic E-state index is 0.107. The molecule has 0 unspecified atom stereocenters. The number of nitrogens with zero attached hydrogens (tertiary/aromatic N) is 3. The smallest absolute Gasteiger partial charge is 0.234 e. The Hall–Kier alpha value is -3.10. The predicted octanol–water partition coefficient (Wildman–Crippen LogP) is 5.11. The normalized spacial score (nSPS) is 10.9. The van der Waals surface area contributed by atoms with Gasteiger partial charge in [0.15, 0.2) is 11.0 Å². The average Bonchev–Trinajstić information content (AvgIpc) is 3.39. The van der Waals surface area contributed by atoms with Gasteiger partial charge in [0.2, 0.25) is 5.91 Å². The second kappa shape index (κ2) is 9.15. The lowest BCUT2D eigenvalue weighted by atomic mass is 10.2. The largest absolute Gasteiger partial charge is 0.467 e. The number of furan rings is 1. The molecule has 0 saturated carbocycles. The van der Waals surface area contributed by atoms with E-state index in [2.05, 4.69) is 15.5 Å². The van der Waals surface area contributed by atoms with Gasteiger partial charge in [-0.2, -0.15) is 0 Å². The van der Waals surface area contributed by atoms with Crippen molar-refractivity contribution in [3.63, 3.8) is 0 Å². The Bertz CT molecular complexity index is 1150. The van der Waals surface area contributed by atoms with Crippen LogP contribution >= 0.6 is 23.4 Å². The van der Waals surface area contributed by atoms with Crippen molar-refractivity contribution in [1.82, 2.24) is 14.8 Å². The van der Waals surface area contributed by atoms with Crippen LogP contribution in [0.15, 0.2) is 76.5 Å². The first kappa shape index (κ1) is 20.2. The number of aromatic nitrogens is 3. The summed E-state index contributed by atoms with van der Waals surface area (Å²) in [5.74, 6) is 0.533. The highest BCUT2D eigenvalue weighted by atomic mass is 35.5. The lowest BCUT2D eigenvalue weighted by molar-refractivity contribution is -0.113. The molecule has 9 heteroatoms. The van der Waals surface area contributed by atoms with Crippen molar-refractivity contribution in [2.24, 2.45) is 0 Å². The molecule has 2 heterocycles. The zero-order valence-electron chi connectivity index (χ0n) is 15.6. The maximum atomic E-state index is 14.3. The van der Waals surface area contributed by atoms with Gasteiger partial charge in [-0.3, -0.25) is 9.36 Å². The number of benzene rings is 2. The van der Waals surface area contributed by atoms with Crippen molar-refractivity contribution >= 4 is 35.0 Å². The van der Waals surface area contributed by atoms with Gasteiger partial charge < -0.3 is 9.73 Å². The molecule has 1 amide bonds. The first-order chi connectivity index (χ1) is 14.6. The topological polar surface area (TPSA) is 73.0 Å². The summed E-state index contributed by atoms with van der Waals surface area (Å²) in [7, 11) is 0. The van der Waals surface area contributed by atoms with Crippen LogP contribution in [0.3, 0.4) is 0 Å². The number of nitrogens with one attached hydrogen (secondary N) is 1. The number of thioether (sulfide) groups is 1. The second-order valence-electron chi connectivity index (χ2n) is 6.30. The zero-order valence-corrected chi connectivity index (χ0v) is 17.2. The molecular weight excluding hydrogens is 427 g/mol. The number of halogens is 2. The summed E-state index contributed by atoms with van der Waals surface area (Å²) in [6.45, 7) is 0.310. The van der Waals surface area contributed by atoms with Crippen molar-refractivity contribution < 1.29 is 13.6 Å². The molecule has 2 aromatic heterocycles. The van der Waals surface area contributed by atoms with Gasteiger partial charge in [0.05, 0.1) is 24.1 Å². The number of amides is 1. The molecule has 4 aromatic rings. The highest BCUT2D eigenvalue weighted by Gasteiger charge is 2.19. The zero-order chi connectivity index (χ0) is 20.9. The number of rotatable bonds is 7. The lowest BCUT2D eigenvalue weighted by Crippen LogP contribution is -2.14.